The van der Waals surface area contributed by atoms with Crippen LogP contribution in [0, 0.1) is 7.40 Å². The predicted molar refractivity (Wildman–Crippen MR) is 73.8 cm³/mol. The molecule has 1 atom stereocenters. The molecule has 1 aromatic heterocycles. The molecule has 0 saturated carbocycles. The summed E-state index contributed by atoms with van der Waals surface area (Å²) in [7, 11) is 0. The van der Waals surface area contributed by atoms with Crippen LogP contribution in [0.2, 0.25) is 0 Å². The Morgan fingerprint density at radius 3 is 2.69 bits per heavy atom. The highest BCUT2D eigenvalue weighted by Crippen LogP contribution is 2.20. The summed E-state index contributed by atoms with van der Waals surface area (Å²) in [5.74, 6) is 0. The van der Waals surface area contributed by atoms with Crippen molar-refractivity contribution < 1.29 is 0 Å². The lowest BCUT2D eigenvalue weighted by atomic mass is 10.2. The first-order valence-electron chi connectivity index (χ1n) is 3.75. The van der Waals surface area contributed by atoms with Gasteiger partial charge in [0.1, 0.15) is 7.40 Å². The zero-order valence-corrected chi connectivity index (χ0v) is 12.1. The Morgan fingerprint density at radius 1 is 1.77 bits per heavy atom. The average molecular weight is 421 g/mol. The first-order valence-corrected chi connectivity index (χ1v) is 6.31. The highest BCUT2D eigenvalue weighted by molar-refractivity contribution is 14.1. The zero-order valence-electron chi connectivity index (χ0n) is 7.00. The number of halogens is 2. The van der Waals surface area contributed by atoms with Crippen LogP contribution in [0.25, 0.3) is 0 Å². The molecule has 0 aliphatic rings. The molecule has 1 heterocycles. The third-order valence-corrected chi connectivity index (χ3v) is 4.90. The molecular formula is C7H9I2N3S. The Morgan fingerprint density at radius 2 is 2.38 bits per heavy atom. The molecule has 0 amide bonds. The van der Waals surface area contributed by atoms with Crippen molar-refractivity contribution in [1.29, 1.82) is 0 Å². The van der Waals surface area contributed by atoms with Crippen molar-refractivity contribution in [2.24, 2.45) is 5.73 Å². The van der Waals surface area contributed by atoms with Crippen molar-refractivity contribution in [2.45, 2.75) is 19.4 Å². The highest BCUT2D eigenvalue weighted by Gasteiger charge is 2.15. The third-order valence-electron chi connectivity index (χ3n) is 1.74. The molecule has 72 valence electrons. The van der Waals surface area contributed by atoms with Gasteiger partial charge in [0, 0.05) is 0 Å². The van der Waals surface area contributed by atoms with E-state index in [-0.39, 0.29) is 6.04 Å². The molecule has 0 fully saturated rings. The summed E-state index contributed by atoms with van der Waals surface area (Å²) in [6.45, 7) is 2.06. The first kappa shape index (κ1) is 11.6. The lowest BCUT2D eigenvalue weighted by molar-refractivity contribution is 0.607. The van der Waals surface area contributed by atoms with E-state index in [1.54, 1.807) is 6.33 Å². The van der Waals surface area contributed by atoms with Crippen LogP contribution >= 0.6 is 57.4 Å². The summed E-state index contributed by atoms with van der Waals surface area (Å²) < 4.78 is 4.11. The largest absolute Gasteiger partial charge is 0.392 e. The molecular weight excluding hydrogens is 412 g/mol. The molecule has 0 saturated heterocycles. The maximum Gasteiger partial charge on any atom is 0.132 e. The third kappa shape index (κ3) is 2.52. The second-order valence-corrected chi connectivity index (χ2v) is 5.07. The average Bonchev–Trinajstić information content (AvgIpc) is 2.37. The van der Waals surface area contributed by atoms with Crippen molar-refractivity contribution >= 4 is 62.4 Å². The van der Waals surface area contributed by atoms with Crippen LogP contribution in [0.4, 0.5) is 0 Å². The fourth-order valence-corrected chi connectivity index (χ4v) is 2.36. The first-order chi connectivity index (χ1) is 6.07. The van der Waals surface area contributed by atoms with Gasteiger partial charge >= 0.3 is 0 Å². The van der Waals surface area contributed by atoms with E-state index in [0.29, 0.717) is 4.99 Å². The van der Waals surface area contributed by atoms with Crippen LogP contribution in [0.1, 0.15) is 19.4 Å². The van der Waals surface area contributed by atoms with Crippen molar-refractivity contribution in [3.8, 4) is 0 Å². The quantitative estimate of drug-likeness (QED) is 0.602. The Labute approximate surface area is 110 Å². The van der Waals surface area contributed by atoms with E-state index in [9.17, 15) is 0 Å². The number of aromatic nitrogens is 2. The van der Waals surface area contributed by atoms with Gasteiger partial charge in [0.25, 0.3) is 0 Å². The second-order valence-electron chi connectivity index (χ2n) is 2.56. The maximum absolute atomic E-state index is 5.63. The van der Waals surface area contributed by atoms with Gasteiger partial charge in [-0.15, -0.1) is 0 Å². The van der Waals surface area contributed by atoms with Gasteiger partial charge in [-0.3, -0.25) is 0 Å². The van der Waals surface area contributed by atoms with E-state index in [4.69, 9.17) is 18.0 Å². The van der Waals surface area contributed by atoms with Gasteiger partial charge in [-0.2, -0.15) is 0 Å². The Bertz CT molecular complexity index is 324. The molecule has 6 heteroatoms. The molecule has 13 heavy (non-hydrogen) atoms. The molecule has 1 rings (SSSR count). The van der Waals surface area contributed by atoms with Gasteiger partial charge in [-0.25, -0.2) is 4.98 Å². The van der Waals surface area contributed by atoms with E-state index in [1.807, 2.05) is 4.57 Å². The molecule has 0 aliphatic heterocycles. The van der Waals surface area contributed by atoms with Crippen LogP contribution in [-0.4, -0.2) is 14.5 Å². The lowest BCUT2D eigenvalue weighted by Crippen LogP contribution is -2.24. The zero-order chi connectivity index (χ0) is 10.0. The molecule has 1 aromatic rings. The van der Waals surface area contributed by atoms with E-state index < -0.39 is 0 Å². The topological polar surface area (TPSA) is 43.8 Å². The molecule has 0 spiro atoms. The van der Waals surface area contributed by atoms with Crippen LogP contribution in [0.15, 0.2) is 6.33 Å². The van der Waals surface area contributed by atoms with Gasteiger partial charge in [-0.05, 0) is 51.6 Å². The smallest absolute Gasteiger partial charge is 0.132 e. The van der Waals surface area contributed by atoms with E-state index >= 15 is 0 Å². The van der Waals surface area contributed by atoms with Crippen LogP contribution in [0.5, 0.6) is 0 Å². The van der Waals surface area contributed by atoms with E-state index in [2.05, 4.69) is 57.1 Å². The highest BCUT2D eigenvalue weighted by atomic mass is 127. The minimum absolute atomic E-state index is 0.0953. The maximum atomic E-state index is 5.63. The summed E-state index contributed by atoms with van der Waals surface area (Å²) >= 11 is 9.43. The van der Waals surface area contributed by atoms with Gasteiger partial charge in [0.2, 0.25) is 0 Å². The summed E-state index contributed by atoms with van der Waals surface area (Å²) in [5, 5.41) is 0. The van der Waals surface area contributed by atoms with Gasteiger partial charge in [0.15, 0.2) is 0 Å². The Kier molecular flexibility index (Phi) is 4.36. The van der Waals surface area contributed by atoms with Gasteiger partial charge < -0.3 is 10.3 Å². The van der Waals surface area contributed by atoms with Crippen molar-refractivity contribution in [1.82, 2.24) is 9.55 Å². The minimum Gasteiger partial charge on any atom is -0.392 e. The second kappa shape index (κ2) is 4.87. The van der Waals surface area contributed by atoms with Gasteiger partial charge in [0.05, 0.1) is 17.4 Å². The monoisotopic (exact) mass is 421 g/mol. The number of nitrogens with two attached hydrogens (primary N) is 1. The number of rotatable bonds is 3. The van der Waals surface area contributed by atoms with Gasteiger partial charge in [-0.1, -0.05) is 19.1 Å². The number of hydrogen-bond donors (Lipinski definition) is 1. The SMILES string of the molecule is CCC(C(N)=S)n1cnc(I)c1I. The molecule has 1 unspecified atom stereocenters. The molecule has 0 bridgehead atoms. The molecule has 0 aromatic carbocycles. The Balaban J connectivity index is 3.05. The molecule has 0 radical (unpaired) electrons. The molecule has 3 nitrogen and oxygen atoms in total. The fraction of sp³-hybridized carbons (Fsp3) is 0.429. The number of hydrogen-bond acceptors (Lipinski definition) is 2. The number of nitrogens with zero attached hydrogens (tertiary/aromatic N) is 2. The van der Waals surface area contributed by atoms with Crippen molar-refractivity contribution in [3.05, 3.63) is 13.7 Å². The van der Waals surface area contributed by atoms with Crippen LogP contribution in [0.3, 0.4) is 0 Å². The lowest BCUT2D eigenvalue weighted by Gasteiger charge is -2.15. The minimum atomic E-state index is 0.0953. The molecule has 0 aliphatic carbocycles. The van der Waals surface area contributed by atoms with Crippen molar-refractivity contribution in [2.75, 3.05) is 0 Å². The van der Waals surface area contributed by atoms with E-state index in [0.717, 1.165) is 13.8 Å². The summed E-state index contributed by atoms with van der Waals surface area (Å²) in [4.78, 5) is 4.72. The van der Waals surface area contributed by atoms with Crippen molar-refractivity contribution in [3.63, 3.8) is 0 Å². The normalized spacial score (nSPS) is 12.8. The summed E-state index contributed by atoms with van der Waals surface area (Å²) in [6, 6.07) is 0.0953. The standard InChI is InChI=1S/C7H9I2N3S/c1-2-4(7(10)13)12-3-11-5(8)6(12)9/h3-4H,2H2,1H3,(H2,10,13). The summed E-state index contributed by atoms with van der Waals surface area (Å²) in [5.41, 5.74) is 5.63. The van der Waals surface area contributed by atoms with Crippen LogP contribution < -0.4 is 5.73 Å². The van der Waals surface area contributed by atoms with Crippen LogP contribution in [-0.2, 0) is 0 Å². The number of thiocarbonyl (C=S) groups is 1. The fourth-order valence-electron chi connectivity index (χ4n) is 1.08. The summed E-state index contributed by atoms with van der Waals surface area (Å²) in [6.07, 6.45) is 2.69. The predicted octanol–water partition coefficient (Wildman–Crippen LogP) is 2.33. The molecule has 2 N–H and O–H groups in total. The van der Waals surface area contributed by atoms with E-state index in [1.165, 1.54) is 0 Å². The number of imidazole rings is 1. The Hall–Kier alpha value is 0.560.